The number of benzene rings is 1. The molecule has 17 heavy (non-hydrogen) atoms. The Hall–Kier alpha value is -1.35. The van der Waals surface area contributed by atoms with Crippen molar-refractivity contribution < 1.29 is 4.79 Å². The molecule has 0 aliphatic carbocycles. The van der Waals surface area contributed by atoms with Gasteiger partial charge < -0.3 is 10.6 Å². The molecule has 1 aromatic carbocycles. The van der Waals surface area contributed by atoms with Crippen LogP contribution in [0.2, 0.25) is 0 Å². The highest BCUT2D eigenvalue weighted by Crippen LogP contribution is 2.39. The Balaban J connectivity index is 1.80. The van der Waals surface area contributed by atoms with Crippen LogP contribution in [0.3, 0.4) is 0 Å². The van der Waals surface area contributed by atoms with Crippen molar-refractivity contribution in [3.8, 4) is 0 Å². The molecule has 3 nitrogen and oxygen atoms in total. The summed E-state index contributed by atoms with van der Waals surface area (Å²) in [6, 6.07) is 10.7. The molecular weight excluding hydrogens is 212 g/mol. The minimum Gasteiger partial charge on any atom is -0.352 e. The minimum absolute atomic E-state index is 0.160. The van der Waals surface area contributed by atoms with Gasteiger partial charge in [-0.05, 0) is 24.9 Å². The van der Waals surface area contributed by atoms with Crippen LogP contribution in [0.15, 0.2) is 30.3 Å². The second-order valence-corrected chi connectivity index (χ2v) is 5.28. The van der Waals surface area contributed by atoms with Crippen LogP contribution in [0.25, 0.3) is 0 Å². The monoisotopic (exact) mass is 230 g/mol. The predicted molar refractivity (Wildman–Crippen MR) is 66.6 cm³/mol. The van der Waals surface area contributed by atoms with E-state index in [0.717, 1.165) is 25.9 Å². The van der Waals surface area contributed by atoms with E-state index in [1.807, 2.05) is 6.07 Å². The number of rotatable bonds is 2. The zero-order chi connectivity index (χ0) is 11.7. The lowest BCUT2D eigenvalue weighted by molar-refractivity contribution is -0.119. The Morgan fingerprint density at radius 2 is 2.12 bits per heavy atom. The molecule has 90 valence electrons. The van der Waals surface area contributed by atoms with Crippen molar-refractivity contribution in [2.75, 3.05) is 13.1 Å². The molecule has 1 amide bonds. The fraction of sp³-hybridized carbons (Fsp3) is 0.500. The van der Waals surface area contributed by atoms with Crippen LogP contribution in [-0.4, -0.2) is 25.0 Å². The van der Waals surface area contributed by atoms with Crippen LogP contribution in [0.4, 0.5) is 0 Å². The van der Waals surface area contributed by atoms with E-state index in [2.05, 4.69) is 34.9 Å². The molecule has 2 aliphatic heterocycles. The molecule has 2 aliphatic rings. The molecular formula is C14H18N2O. The van der Waals surface area contributed by atoms with Gasteiger partial charge >= 0.3 is 0 Å². The quantitative estimate of drug-likeness (QED) is 0.798. The Bertz CT molecular complexity index is 409. The highest BCUT2D eigenvalue weighted by molar-refractivity contribution is 5.80. The number of hydrogen-bond donors (Lipinski definition) is 2. The first-order valence-electron chi connectivity index (χ1n) is 6.33. The molecule has 3 rings (SSSR count). The van der Waals surface area contributed by atoms with Crippen LogP contribution < -0.4 is 10.6 Å². The maximum atomic E-state index is 11.7. The first-order chi connectivity index (χ1) is 8.28. The summed E-state index contributed by atoms with van der Waals surface area (Å²) in [6.07, 6.45) is 2.76. The van der Waals surface area contributed by atoms with Crippen molar-refractivity contribution in [2.24, 2.45) is 5.41 Å². The fourth-order valence-electron chi connectivity index (χ4n) is 3.17. The Morgan fingerprint density at radius 1 is 1.29 bits per heavy atom. The van der Waals surface area contributed by atoms with Crippen LogP contribution in [-0.2, 0) is 11.2 Å². The van der Waals surface area contributed by atoms with Crippen molar-refractivity contribution in [1.82, 2.24) is 10.6 Å². The maximum absolute atomic E-state index is 11.7. The molecule has 3 heteroatoms. The van der Waals surface area contributed by atoms with E-state index in [1.165, 1.54) is 5.56 Å². The van der Waals surface area contributed by atoms with Crippen molar-refractivity contribution in [3.63, 3.8) is 0 Å². The number of carbonyl (C=O) groups excluding carboxylic acids is 1. The number of hydrogen-bond acceptors (Lipinski definition) is 2. The second kappa shape index (κ2) is 4.15. The first kappa shape index (κ1) is 10.8. The van der Waals surface area contributed by atoms with Gasteiger partial charge in [-0.1, -0.05) is 30.3 Å². The van der Waals surface area contributed by atoms with E-state index in [1.54, 1.807) is 0 Å². The van der Waals surface area contributed by atoms with Gasteiger partial charge in [0.1, 0.15) is 0 Å². The van der Waals surface area contributed by atoms with Crippen LogP contribution in [0.1, 0.15) is 18.4 Å². The molecule has 1 aromatic rings. The van der Waals surface area contributed by atoms with Gasteiger partial charge in [-0.2, -0.15) is 0 Å². The van der Waals surface area contributed by atoms with E-state index >= 15 is 0 Å². The largest absolute Gasteiger partial charge is 0.352 e. The summed E-state index contributed by atoms with van der Waals surface area (Å²) in [4.78, 5) is 11.7. The molecule has 2 heterocycles. The van der Waals surface area contributed by atoms with Gasteiger partial charge in [-0.25, -0.2) is 0 Å². The average molecular weight is 230 g/mol. The van der Waals surface area contributed by atoms with Crippen molar-refractivity contribution in [3.05, 3.63) is 35.9 Å². The van der Waals surface area contributed by atoms with Gasteiger partial charge in [0.05, 0.1) is 0 Å². The predicted octanol–water partition coefficient (Wildman–Crippen LogP) is 1.10. The molecule has 0 saturated carbocycles. The highest BCUT2D eigenvalue weighted by Gasteiger charge is 2.48. The Labute approximate surface area is 102 Å². The molecule has 2 saturated heterocycles. The molecule has 2 unspecified atom stereocenters. The molecule has 0 bridgehead atoms. The lowest BCUT2D eigenvalue weighted by Gasteiger charge is -2.28. The molecule has 0 radical (unpaired) electrons. The summed E-state index contributed by atoms with van der Waals surface area (Å²) >= 11 is 0. The summed E-state index contributed by atoms with van der Waals surface area (Å²) in [5, 5.41) is 6.56. The van der Waals surface area contributed by atoms with E-state index in [-0.39, 0.29) is 11.3 Å². The molecule has 1 spiro atoms. The van der Waals surface area contributed by atoms with E-state index in [9.17, 15) is 4.79 Å². The molecule has 2 N–H and O–H groups in total. The SMILES string of the molecule is O=C1CC2(CCNC2)C(Cc2ccccc2)N1. The average Bonchev–Trinajstić information content (AvgIpc) is 2.90. The van der Waals surface area contributed by atoms with Gasteiger partial charge in [0.25, 0.3) is 0 Å². The van der Waals surface area contributed by atoms with Gasteiger partial charge in [0, 0.05) is 24.4 Å². The van der Waals surface area contributed by atoms with Gasteiger partial charge in [0.2, 0.25) is 5.91 Å². The van der Waals surface area contributed by atoms with Crippen LogP contribution >= 0.6 is 0 Å². The smallest absolute Gasteiger partial charge is 0.220 e. The molecule has 2 fully saturated rings. The van der Waals surface area contributed by atoms with Crippen LogP contribution in [0.5, 0.6) is 0 Å². The van der Waals surface area contributed by atoms with E-state index in [4.69, 9.17) is 0 Å². The third kappa shape index (κ3) is 1.95. The Kier molecular flexibility index (Phi) is 2.63. The summed E-state index contributed by atoms with van der Waals surface area (Å²) in [6.45, 7) is 2.02. The van der Waals surface area contributed by atoms with Gasteiger partial charge in [-0.3, -0.25) is 4.79 Å². The maximum Gasteiger partial charge on any atom is 0.220 e. The highest BCUT2D eigenvalue weighted by atomic mass is 16.2. The van der Waals surface area contributed by atoms with Crippen LogP contribution in [0, 0.1) is 5.41 Å². The first-order valence-corrected chi connectivity index (χ1v) is 6.33. The zero-order valence-corrected chi connectivity index (χ0v) is 9.91. The summed E-state index contributed by atoms with van der Waals surface area (Å²) in [7, 11) is 0. The second-order valence-electron chi connectivity index (χ2n) is 5.28. The molecule has 2 atom stereocenters. The van der Waals surface area contributed by atoms with Gasteiger partial charge in [-0.15, -0.1) is 0 Å². The van der Waals surface area contributed by atoms with Gasteiger partial charge in [0.15, 0.2) is 0 Å². The fourth-order valence-corrected chi connectivity index (χ4v) is 3.17. The third-order valence-corrected chi connectivity index (χ3v) is 4.15. The minimum atomic E-state index is 0.160. The van der Waals surface area contributed by atoms with E-state index in [0.29, 0.717) is 12.5 Å². The normalized spacial score (nSPS) is 32.0. The number of amides is 1. The summed E-state index contributed by atoms with van der Waals surface area (Å²) in [5.74, 6) is 0.217. The standard InChI is InChI=1S/C14H18N2O/c17-13-9-14(6-7-15-10-14)12(16-13)8-11-4-2-1-3-5-11/h1-5,12,15H,6-10H2,(H,16,17). The summed E-state index contributed by atoms with van der Waals surface area (Å²) in [5.41, 5.74) is 1.47. The summed E-state index contributed by atoms with van der Waals surface area (Å²) < 4.78 is 0. The Morgan fingerprint density at radius 3 is 2.82 bits per heavy atom. The zero-order valence-electron chi connectivity index (χ0n) is 9.91. The topological polar surface area (TPSA) is 41.1 Å². The third-order valence-electron chi connectivity index (χ3n) is 4.15. The molecule has 0 aromatic heterocycles. The van der Waals surface area contributed by atoms with Crippen molar-refractivity contribution in [1.29, 1.82) is 0 Å². The number of nitrogens with one attached hydrogen (secondary N) is 2. The van der Waals surface area contributed by atoms with E-state index < -0.39 is 0 Å². The number of carbonyl (C=O) groups is 1. The lowest BCUT2D eigenvalue weighted by atomic mass is 9.77. The lowest BCUT2D eigenvalue weighted by Crippen LogP contribution is -2.40. The van der Waals surface area contributed by atoms with Crippen molar-refractivity contribution >= 4 is 5.91 Å². The van der Waals surface area contributed by atoms with Crippen molar-refractivity contribution in [2.45, 2.75) is 25.3 Å².